The molecule has 7 heteroatoms. The number of benzene rings is 2. The van der Waals surface area contributed by atoms with Crippen LogP contribution >= 0.6 is 11.6 Å². The maximum Gasteiger partial charge on any atom is 0.261 e. The van der Waals surface area contributed by atoms with Crippen LogP contribution in [0.25, 0.3) is 22.8 Å². The summed E-state index contributed by atoms with van der Waals surface area (Å²) >= 11 is 6.08. The molecule has 2 aromatic carbocycles. The summed E-state index contributed by atoms with van der Waals surface area (Å²) in [5, 5.41) is 23.0. The molecule has 3 rings (SSSR count). The number of halogens is 1. The average Bonchev–Trinajstić information content (AvgIpc) is 2.91. The van der Waals surface area contributed by atoms with Crippen LogP contribution < -0.4 is 5.73 Å². The highest BCUT2D eigenvalue weighted by molar-refractivity contribution is 6.33. The average molecular weight is 304 g/mol. The van der Waals surface area contributed by atoms with Gasteiger partial charge in [-0.3, -0.25) is 0 Å². The zero-order valence-corrected chi connectivity index (χ0v) is 11.4. The van der Waals surface area contributed by atoms with Gasteiger partial charge in [-0.1, -0.05) is 22.8 Å². The lowest BCUT2D eigenvalue weighted by atomic mass is 10.1. The van der Waals surface area contributed by atoms with E-state index >= 15 is 0 Å². The molecule has 0 fully saturated rings. The van der Waals surface area contributed by atoms with Gasteiger partial charge in [-0.15, -0.1) is 0 Å². The van der Waals surface area contributed by atoms with E-state index in [0.29, 0.717) is 21.8 Å². The van der Waals surface area contributed by atoms with E-state index in [1.807, 2.05) is 0 Å². The third-order valence-corrected chi connectivity index (χ3v) is 3.23. The predicted molar refractivity (Wildman–Crippen MR) is 77.9 cm³/mol. The summed E-state index contributed by atoms with van der Waals surface area (Å²) in [4.78, 5) is 4.21. The first-order valence-electron chi connectivity index (χ1n) is 5.96. The number of phenols is 2. The molecule has 0 spiro atoms. The molecule has 0 unspecified atom stereocenters. The minimum Gasteiger partial charge on any atom is -0.504 e. The lowest BCUT2D eigenvalue weighted by Gasteiger charge is -2.02. The quantitative estimate of drug-likeness (QED) is 0.496. The number of nitrogens with zero attached hydrogens (tertiary/aromatic N) is 2. The molecule has 0 bridgehead atoms. The molecular formula is C14H10ClN3O3. The molecule has 3 aromatic rings. The summed E-state index contributed by atoms with van der Waals surface area (Å²) in [6, 6.07) is 9.29. The highest BCUT2D eigenvalue weighted by Crippen LogP contribution is 2.34. The third kappa shape index (κ3) is 2.36. The molecule has 0 radical (unpaired) electrons. The second-order valence-electron chi connectivity index (χ2n) is 4.33. The minimum atomic E-state index is -0.267. The summed E-state index contributed by atoms with van der Waals surface area (Å²) < 4.78 is 5.17. The van der Waals surface area contributed by atoms with Crippen LogP contribution in [0.5, 0.6) is 11.5 Å². The van der Waals surface area contributed by atoms with Gasteiger partial charge in [0, 0.05) is 11.3 Å². The molecule has 0 saturated carbocycles. The number of phenolic OH excluding ortho intramolecular Hbond substituents is 2. The first kappa shape index (κ1) is 13.3. The number of rotatable bonds is 2. The molecule has 0 aliphatic carbocycles. The van der Waals surface area contributed by atoms with Gasteiger partial charge < -0.3 is 20.5 Å². The SMILES string of the molecule is Nc1cccc(Cl)c1-c1nc(-c2ccc(O)c(O)c2)no1. The molecule has 4 N–H and O–H groups in total. The van der Waals surface area contributed by atoms with E-state index in [9.17, 15) is 10.2 Å². The standard InChI is InChI=1S/C14H10ClN3O3/c15-8-2-1-3-9(16)12(8)14-17-13(18-21-14)7-4-5-10(19)11(20)6-7/h1-6,19-20H,16H2. The largest absolute Gasteiger partial charge is 0.504 e. The fourth-order valence-corrected chi connectivity index (χ4v) is 2.13. The monoisotopic (exact) mass is 303 g/mol. The van der Waals surface area contributed by atoms with Gasteiger partial charge in [0.15, 0.2) is 11.5 Å². The lowest BCUT2D eigenvalue weighted by Crippen LogP contribution is -1.90. The van der Waals surface area contributed by atoms with Gasteiger partial charge >= 0.3 is 0 Å². The third-order valence-electron chi connectivity index (χ3n) is 2.92. The van der Waals surface area contributed by atoms with E-state index in [0.717, 1.165) is 0 Å². The van der Waals surface area contributed by atoms with Crippen LogP contribution in [0.2, 0.25) is 5.02 Å². The van der Waals surface area contributed by atoms with Crippen molar-refractivity contribution in [2.45, 2.75) is 0 Å². The number of hydrogen-bond acceptors (Lipinski definition) is 6. The molecule has 0 amide bonds. The van der Waals surface area contributed by atoms with E-state index < -0.39 is 0 Å². The molecule has 0 aliphatic heterocycles. The van der Waals surface area contributed by atoms with Crippen LogP contribution in [0.4, 0.5) is 5.69 Å². The highest BCUT2D eigenvalue weighted by Gasteiger charge is 2.16. The Hall–Kier alpha value is -2.73. The molecule has 21 heavy (non-hydrogen) atoms. The second-order valence-corrected chi connectivity index (χ2v) is 4.74. The van der Waals surface area contributed by atoms with Crippen molar-refractivity contribution in [2.24, 2.45) is 0 Å². The molecule has 1 heterocycles. The van der Waals surface area contributed by atoms with Crippen molar-refractivity contribution in [1.29, 1.82) is 0 Å². The summed E-state index contributed by atoms with van der Waals surface area (Å²) in [5.41, 5.74) is 7.23. The van der Waals surface area contributed by atoms with Gasteiger partial charge in [-0.2, -0.15) is 4.98 Å². The number of nitrogen functional groups attached to an aromatic ring is 1. The first-order valence-corrected chi connectivity index (χ1v) is 6.34. The minimum absolute atomic E-state index is 0.181. The number of hydrogen-bond donors (Lipinski definition) is 3. The van der Waals surface area contributed by atoms with Crippen LogP contribution in [0.3, 0.4) is 0 Å². The maximum atomic E-state index is 9.50. The Balaban J connectivity index is 2.06. The topological polar surface area (TPSA) is 105 Å². The zero-order valence-electron chi connectivity index (χ0n) is 10.6. The Morgan fingerprint density at radius 3 is 2.62 bits per heavy atom. The Morgan fingerprint density at radius 2 is 1.90 bits per heavy atom. The predicted octanol–water partition coefficient (Wildman–Crippen LogP) is 3.05. The molecule has 1 aromatic heterocycles. The fraction of sp³-hybridized carbons (Fsp3) is 0. The van der Waals surface area contributed by atoms with Gasteiger partial charge in [0.25, 0.3) is 5.89 Å². The molecule has 106 valence electrons. The molecular weight excluding hydrogens is 294 g/mol. The maximum absolute atomic E-state index is 9.50. The molecule has 6 nitrogen and oxygen atoms in total. The molecule has 0 atom stereocenters. The van der Waals surface area contributed by atoms with Crippen LogP contribution in [0.15, 0.2) is 40.9 Å². The van der Waals surface area contributed by atoms with Crippen molar-refractivity contribution >= 4 is 17.3 Å². The summed E-state index contributed by atoms with van der Waals surface area (Å²) in [5.74, 6) is -0.0609. The van der Waals surface area contributed by atoms with Crippen molar-refractivity contribution in [2.75, 3.05) is 5.73 Å². The highest BCUT2D eigenvalue weighted by atomic mass is 35.5. The van der Waals surface area contributed by atoms with Gasteiger partial charge in [-0.05, 0) is 30.3 Å². The number of aromatic nitrogens is 2. The second kappa shape index (κ2) is 4.99. The zero-order chi connectivity index (χ0) is 15.0. The molecule has 0 saturated heterocycles. The van der Waals surface area contributed by atoms with Gasteiger partial charge in [-0.25, -0.2) is 0 Å². The summed E-state index contributed by atoms with van der Waals surface area (Å²) in [7, 11) is 0. The van der Waals surface area contributed by atoms with E-state index in [2.05, 4.69) is 10.1 Å². The Labute approximate surface area is 124 Å². The van der Waals surface area contributed by atoms with Crippen molar-refractivity contribution in [3.63, 3.8) is 0 Å². The van der Waals surface area contributed by atoms with Crippen LogP contribution in [0.1, 0.15) is 0 Å². The van der Waals surface area contributed by atoms with Crippen molar-refractivity contribution in [1.82, 2.24) is 10.1 Å². The summed E-state index contributed by atoms with van der Waals surface area (Å²) in [6.45, 7) is 0. The van der Waals surface area contributed by atoms with E-state index in [-0.39, 0.29) is 23.2 Å². The smallest absolute Gasteiger partial charge is 0.261 e. The number of anilines is 1. The summed E-state index contributed by atoms with van der Waals surface area (Å²) in [6.07, 6.45) is 0. The van der Waals surface area contributed by atoms with Gasteiger partial charge in [0.2, 0.25) is 5.82 Å². The van der Waals surface area contributed by atoms with Crippen LogP contribution in [0, 0.1) is 0 Å². The van der Waals surface area contributed by atoms with Crippen LogP contribution in [-0.4, -0.2) is 20.4 Å². The van der Waals surface area contributed by atoms with Crippen molar-refractivity contribution in [3.05, 3.63) is 41.4 Å². The van der Waals surface area contributed by atoms with Gasteiger partial charge in [0.1, 0.15) is 0 Å². The van der Waals surface area contributed by atoms with Crippen molar-refractivity contribution in [3.8, 4) is 34.3 Å². The number of nitrogens with two attached hydrogens (primary N) is 1. The first-order chi connectivity index (χ1) is 10.1. The molecule has 0 aliphatic rings. The Bertz CT molecular complexity index is 797. The fourth-order valence-electron chi connectivity index (χ4n) is 1.87. The van der Waals surface area contributed by atoms with E-state index in [1.165, 1.54) is 12.1 Å². The van der Waals surface area contributed by atoms with Crippen molar-refractivity contribution < 1.29 is 14.7 Å². The lowest BCUT2D eigenvalue weighted by molar-refractivity contribution is 0.404. The number of aromatic hydroxyl groups is 2. The normalized spacial score (nSPS) is 10.7. The van der Waals surface area contributed by atoms with Crippen LogP contribution in [-0.2, 0) is 0 Å². The van der Waals surface area contributed by atoms with Gasteiger partial charge in [0.05, 0.1) is 10.6 Å². The Morgan fingerprint density at radius 1 is 1.10 bits per heavy atom. The Kier molecular flexibility index (Phi) is 3.15. The van der Waals surface area contributed by atoms with E-state index in [1.54, 1.807) is 24.3 Å². The van der Waals surface area contributed by atoms with E-state index in [4.69, 9.17) is 21.9 Å².